The van der Waals surface area contributed by atoms with Crippen molar-refractivity contribution in [2.75, 3.05) is 75.8 Å². The van der Waals surface area contributed by atoms with Crippen molar-refractivity contribution in [2.45, 2.75) is 6.92 Å². The molecule has 1 amide bonds. The molecule has 132 valence electrons. The van der Waals surface area contributed by atoms with Gasteiger partial charge in [0.05, 0.1) is 13.2 Å². The fourth-order valence-corrected chi connectivity index (χ4v) is 3.01. The first-order valence-corrected chi connectivity index (χ1v) is 8.60. The highest BCUT2D eigenvalue weighted by atomic mass is 16.5. The molecule has 0 aromatic carbocycles. The first-order chi connectivity index (χ1) is 11.7. The normalized spacial score (nSPS) is 19.4. The predicted molar refractivity (Wildman–Crippen MR) is 92.2 cm³/mol. The standard InChI is InChI=1S/C16H26N6O2/c1-14(23)21-6-8-22(9-7-21)15-2-3-17-16(19-15)18-4-5-20-10-12-24-13-11-20/h2-3H,4-13H2,1H3,(H,17,18,19). The summed E-state index contributed by atoms with van der Waals surface area (Å²) in [4.78, 5) is 26.8. The molecule has 0 unspecified atom stereocenters. The lowest BCUT2D eigenvalue weighted by atomic mass is 10.3. The van der Waals surface area contributed by atoms with Gasteiger partial charge < -0.3 is 19.9 Å². The van der Waals surface area contributed by atoms with Crippen LogP contribution in [0.3, 0.4) is 0 Å². The summed E-state index contributed by atoms with van der Waals surface area (Å²) in [5, 5.41) is 3.30. The van der Waals surface area contributed by atoms with Crippen LogP contribution in [0.2, 0.25) is 0 Å². The Labute approximate surface area is 142 Å². The molecule has 0 spiro atoms. The van der Waals surface area contributed by atoms with E-state index in [9.17, 15) is 4.79 Å². The van der Waals surface area contributed by atoms with E-state index in [2.05, 4.69) is 25.1 Å². The summed E-state index contributed by atoms with van der Waals surface area (Å²) in [6.45, 7) is 10.1. The Morgan fingerprint density at radius 3 is 2.67 bits per heavy atom. The van der Waals surface area contributed by atoms with Crippen molar-refractivity contribution < 1.29 is 9.53 Å². The van der Waals surface area contributed by atoms with Gasteiger partial charge in [0.2, 0.25) is 11.9 Å². The van der Waals surface area contributed by atoms with Crippen molar-refractivity contribution in [1.29, 1.82) is 0 Å². The molecule has 3 heterocycles. The predicted octanol–water partition coefficient (Wildman–Crippen LogP) is -0.111. The number of nitrogens with zero attached hydrogens (tertiary/aromatic N) is 5. The van der Waals surface area contributed by atoms with E-state index in [0.29, 0.717) is 5.95 Å². The first kappa shape index (κ1) is 16.9. The topological polar surface area (TPSA) is 73.8 Å². The lowest BCUT2D eigenvalue weighted by molar-refractivity contribution is -0.129. The fraction of sp³-hybridized carbons (Fsp3) is 0.688. The maximum atomic E-state index is 11.4. The number of carbonyl (C=O) groups is 1. The number of hydrogen-bond donors (Lipinski definition) is 1. The molecule has 0 saturated carbocycles. The number of morpholine rings is 1. The molecule has 1 aromatic rings. The number of piperazine rings is 1. The molecule has 2 saturated heterocycles. The third-order valence-electron chi connectivity index (χ3n) is 4.50. The largest absolute Gasteiger partial charge is 0.379 e. The lowest BCUT2D eigenvalue weighted by Gasteiger charge is -2.34. The van der Waals surface area contributed by atoms with E-state index in [1.807, 2.05) is 11.0 Å². The Morgan fingerprint density at radius 2 is 1.96 bits per heavy atom. The second kappa shape index (κ2) is 8.25. The van der Waals surface area contributed by atoms with Crippen LogP contribution in [0.25, 0.3) is 0 Å². The molecule has 1 N–H and O–H groups in total. The number of aromatic nitrogens is 2. The minimum Gasteiger partial charge on any atom is -0.379 e. The molecule has 0 atom stereocenters. The van der Waals surface area contributed by atoms with Crippen molar-refractivity contribution in [3.05, 3.63) is 12.3 Å². The van der Waals surface area contributed by atoms with Gasteiger partial charge in [0.15, 0.2) is 0 Å². The average molecular weight is 334 g/mol. The number of anilines is 2. The maximum Gasteiger partial charge on any atom is 0.224 e. The molecule has 8 nitrogen and oxygen atoms in total. The second-order valence-electron chi connectivity index (χ2n) is 6.11. The molecule has 2 fully saturated rings. The van der Waals surface area contributed by atoms with Crippen molar-refractivity contribution in [1.82, 2.24) is 19.8 Å². The zero-order valence-corrected chi connectivity index (χ0v) is 14.3. The molecule has 0 bridgehead atoms. The summed E-state index contributed by atoms with van der Waals surface area (Å²) in [5.74, 6) is 1.72. The summed E-state index contributed by atoms with van der Waals surface area (Å²) < 4.78 is 5.35. The number of rotatable bonds is 5. The van der Waals surface area contributed by atoms with Gasteiger partial charge in [0, 0.05) is 65.5 Å². The van der Waals surface area contributed by atoms with Crippen molar-refractivity contribution in [3.63, 3.8) is 0 Å². The van der Waals surface area contributed by atoms with Gasteiger partial charge in [0.25, 0.3) is 0 Å². The maximum absolute atomic E-state index is 11.4. The summed E-state index contributed by atoms with van der Waals surface area (Å²) in [6.07, 6.45) is 1.79. The van der Waals surface area contributed by atoms with E-state index >= 15 is 0 Å². The van der Waals surface area contributed by atoms with E-state index in [-0.39, 0.29) is 5.91 Å². The Hall–Kier alpha value is -1.93. The van der Waals surface area contributed by atoms with Gasteiger partial charge in [-0.2, -0.15) is 4.98 Å². The summed E-state index contributed by atoms with van der Waals surface area (Å²) in [5.41, 5.74) is 0. The minimum absolute atomic E-state index is 0.141. The summed E-state index contributed by atoms with van der Waals surface area (Å²) in [7, 11) is 0. The van der Waals surface area contributed by atoms with E-state index < -0.39 is 0 Å². The van der Waals surface area contributed by atoms with Gasteiger partial charge in [-0.3, -0.25) is 9.69 Å². The Balaban J connectivity index is 1.48. The van der Waals surface area contributed by atoms with Crippen molar-refractivity contribution >= 4 is 17.7 Å². The molecular weight excluding hydrogens is 308 g/mol. The van der Waals surface area contributed by atoms with Crippen LogP contribution in [0.4, 0.5) is 11.8 Å². The molecule has 0 aliphatic carbocycles. The Morgan fingerprint density at radius 1 is 1.21 bits per heavy atom. The number of amides is 1. The zero-order valence-electron chi connectivity index (χ0n) is 14.3. The van der Waals surface area contributed by atoms with Crippen molar-refractivity contribution in [3.8, 4) is 0 Å². The van der Waals surface area contributed by atoms with Crippen LogP contribution in [0, 0.1) is 0 Å². The van der Waals surface area contributed by atoms with Crippen molar-refractivity contribution in [2.24, 2.45) is 0 Å². The number of ether oxygens (including phenoxy) is 1. The monoisotopic (exact) mass is 334 g/mol. The van der Waals surface area contributed by atoms with Crippen LogP contribution < -0.4 is 10.2 Å². The molecule has 2 aliphatic heterocycles. The van der Waals surface area contributed by atoms with Gasteiger partial charge in [-0.15, -0.1) is 0 Å². The number of carbonyl (C=O) groups excluding carboxylic acids is 1. The molecule has 3 rings (SSSR count). The highest BCUT2D eigenvalue weighted by Gasteiger charge is 2.19. The molecule has 24 heavy (non-hydrogen) atoms. The molecule has 8 heteroatoms. The lowest BCUT2D eigenvalue weighted by Crippen LogP contribution is -2.48. The van der Waals surface area contributed by atoms with Gasteiger partial charge in [-0.1, -0.05) is 0 Å². The van der Waals surface area contributed by atoms with Crippen LogP contribution in [-0.4, -0.2) is 91.2 Å². The Bertz CT molecular complexity index is 541. The summed E-state index contributed by atoms with van der Waals surface area (Å²) >= 11 is 0. The van der Waals surface area contributed by atoms with Gasteiger partial charge in [0.1, 0.15) is 5.82 Å². The second-order valence-corrected chi connectivity index (χ2v) is 6.11. The van der Waals surface area contributed by atoms with E-state index in [1.165, 1.54) is 0 Å². The SMILES string of the molecule is CC(=O)N1CCN(c2ccnc(NCCN3CCOCC3)n2)CC1. The number of nitrogens with one attached hydrogen (secondary N) is 1. The van der Waals surface area contributed by atoms with Crippen LogP contribution in [0.1, 0.15) is 6.92 Å². The summed E-state index contributed by atoms with van der Waals surface area (Å²) in [6, 6.07) is 1.93. The highest BCUT2D eigenvalue weighted by molar-refractivity contribution is 5.73. The van der Waals surface area contributed by atoms with E-state index in [0.717, 1.165) is 71.4 Å². The van der Waals surface area contributed by atoms with Crippen LogP contribution >= 0.6 is 0 Å². The van der Waals surface area contributed by atoms with Crippen LogP contribution in [0.5, 0.6) is 0 Å². The van der Waals surface area contributed by atoms with E-state index in [1.54, 1.807) is 13.1 Å². The zero-order chi connectivity index (χ0) is 16.8. The van der Waals surface area contributed by atoms with Gasteiger partial charge in [-0.25, -0.2) is 4.98 Å². The van der Waals surface area contributed by atoms with Gasteiger partial charge in [-0.05, 0) is 6.07 Å². The van der Waals surface area contributed by atoms with E-state index in [4.69, 9.17) is 4.74 Å². The molecule has 1 aromatic heterocycles. The first-order valence-electron chi connectivity index (χ1n) is 8.60. The molecular formula is C16H26N6O2. The third kappa shape index (κ3) is 4.55. The smallest absolute Gasteiger partial charge is 0.224 e. The highest BCUT2D eigenvalue weighted by Crippen LogP contribution is 2.14. The Kier molecular flexibility index (Phi) is 5.81. The molecule has 2 aliphatic rings. The fourth-order valence-electron chi connectivity index (χ4n) is 3.01. The quantitative estimate of drug-likeness (QED) is 0.805. The average Bonchev–Trinajstić information content (AvgIpc) is 2.63. The van der Waals surface area contributed by atoms with Crippen LogP contribution in [-0.2, 0) is 9.53 Å². The minimum atomic E-state index is 0.141. The van der Waals surface area contributed by atoms with Gasteiger partial charge >= 0.3 is 0 Å². The van der Waals surface area contributed by atoms with Crippen LogP contribution in [0.15, 0.2) is 12.3 Å². The molecule has 0 radical (unpaired) electrons. The number of hydrogen-bond acceptors (Lipinski definition) is 7. The third-order valence-corrected chi connectivity index (χ3v) is 4.50.